The number of nitrogens with one attached hydrogen (secondary N) is 2. The molecule has 35 heavy (non-hydrogen) atoms. The van der Waals surface area contributed by atoms with E-state index in [4.69, 9.17) is 9.47 Å². The van der Waals surface area contributed by atoms with E-state index in [0.29, 0.717) is 15.8 Å². The van der Waals surface area contributed by atoms with Gasteiger partial charge in [0.15, 0.2) is 0 Å². The number of benzene rings is 2. The lowest BCUT2D eigenvalue weighted by atomic mass is 9.78. The number of esters is 1. The Morgan fingerprint density at radius 1 is 1.20 bits per heavy atom. The highest BCUT2D eigenvalue weighted by molar-refractivity contribution is 9.10. The van der Waals surface area contributed by atoms with Crippen molar-refractivity contribution in [3.63, 3.8) is 0 Å². The number of para-hydroxylation sites is 1. The Morgan fingerprint density at radius 2 is 1.89 bits per heavy atom. The molecular weight excluding hydrogens is 534 g/mol. The monoisotopic (exact) mass is 557 g/mol. The van der Waals surface area contributed by atoms with Crippen LogP contribution in [0.5, 0.6) is 5.75 Å². The van der Waals surface area contributed by atoms with Crippen molar-refractivity contribution in [2.45, 2.75) is 19.8 Å². The fourth-order valence-corrected chi connectivity index (χ4v) is 5.29. The van der Waals surface area contributed by atoms with Gasteiger partial charge in [0.1, 0.15) is 11.7 Å². The number of halogens is 1. The van der Waals surface area contributed by atoms with Crippen molar-refractivity contribution < 1.29 is 23.9 Å². The molecule has 2 amide bonds. The van der Waals surface area contributed by atoms with Crippen LogP contribution in [0.4, 0.5) is 5.69 Å². The van der Waals surface area contributed by atoms with Crippen LogP contribution >= 0.6 is 27.7 Å². The molecule has 0 saturated carbocycles. The molecular formula is C25H24BrN3O5S. The molecule has 0 spiro atoms. The van der Waals surface area contributed by atoms with Gasteiger partial charge in [0.25, 0.3) is 0 Å². The predicted octanol–water partition coefficient (Wildman–Crippen LogP) is 4.18. The second-order valence-electron chi connectivity index (χ2n) is 7.82. The molecule has 0 unspecified atom stereocenters. The highest BCUT2D eigenvalue weighted by atomic mass is 79.9. The van der Waals surface area contributed by atoms with Gasteiger partial charge < -0.3 is 20.1 Å². The number of thioether (sulfide) groups is 1. The maximum Gasteiger partial charge on any atom is 0.319 e. The van der Waals surface area contributed by atoms with Crippen LogP contribution in [-0.4, -0.2) is 37.8 Å². The van der Waals surface area contributed by atoms with Crippen LogP contribution in [-0.2, 0) is 19.1 Å². The summed E-state index contributed by atoms with van der Waals surface area (Å²) in [6.45, 7) is 3.80. The molecule has 1 heterocycles. The molecule has 1 aliphatic heterocycles. The number of carbonyl (C=O) groups excluding carboxylic acids is 3. The van der Waals surface area contributed by atoms with Gasteiger partial charge in [0.2, 0.25) is 11.8 Å². The largest absolute Gasteiger partial charge is 0.496 e. The van der Waals surface area contributed by atoms with Crippen molar-refractivity contribution in [1.29, 1.82) is 5.26 Å². The number of aryl methyl sites for hydroxylation is 2. The zero-order valence-electron chi connectivity index (χ0n) is 19.6. The Labute approximate surface area is 216 Å². The van der Waals surface area contributed by atoms with Gasteiger partial charge in [-0.15, -0.1) is 0 Å². The summed E-state index contributed by atoms with van der Waals surface area (Å²) in [5, 5.41) is 15.8. The molecule has 1 aliphatic rings. The van der Waals surface area contributed by atoms with E-state index in [2.05, 4.69) is 32.6 Å². The van der Waals surface area contributed by atoms with Crippen LogP contribution in [0.2, 0.25) is 0 Å². The van der Waals surface area contributed by atoms with Crippen molar-refractivity contribution in [3.8, 4) is 11.8 Å². The number of nitriles is 1. The van der Waals surface area contributed by atoms with Crippen molar-refractivity contribution in [1.82, 2.24) is 5.32 Å². The van der Waals surface area contributed by atoms with E-state index in [1.54, 1.807) is 18.2 Å². The lowest BCUT2D eigenvalue weighted by molar-refractivity contribution is -0.150. The topological polar surface area (TPSA) is 118 Å². The average Bonchev–Trinajstić information content (AvgIpc) is 2.84. The van der Waals surface area contributed by atoms with E-state index in [1.807, 2.05) is 32.0 Å². The number of hydrogen-bond donors (Lipinski definition) is 2. The summed E-state index contributed by atoms with van der Waals surface area (Å²) in [6, 6.07) is 12.9. The fourth-order valence-electron chi connectivity index (χ4n) is 3.88. The molecule has 0 aliphatic carbocycles. The van der Waals surface area contributed by atoms with E-state index < -0.39 is 23.7 Å². The Morgan fingerprint density at radius 3 is 2.46 bits per heavy atom. The smallest absolute Gasteiger partial charge is 0.319 e. The van der Waals surface area contributed by atoms with Crippen molar-refractivity contribution >= 4 is 51.2 Å². The average molecular weight is 558 g/mol. The maximum atomic E-state index is 13.0. The van der Waals surface area contributed by atoms with Gasteiger partial charge in [-0.3, -0.25) is 14.4 Å². The Bertz CT molecular complexity index is 1230. The third-order valence-electron chi connectivity index (χ3n) is 5.61. The number of hydrogen-bond acceptors (Lipinski definition) is 7. The molecule has 0 fully saturated rings. The minimum Gasteiger partial charge on any atom is -0.496 e. The number of carbonyl (C=O) groups is 3. The van der Waals surface area contributed by atoms with Gasteiger partial charge in [0, 0.05) is 11.6 Å². The molecule has 10 heteroatoms. The zero-order chi connectivity index (χ0) is 25.7. The highest BCUT2D eigenvalue weighted by Crippen LogP contribution is 2.42. The molecule has 2 aromatic rings. The number of nitrogens with zero attached hydrogens (tertiary/aromatic N) is 1. The second kappa shape index (κ2) is 11.4. The summed E-state index contributed by atoms with van der Waals surface area (Å²) >= 11 is 4.44. The van der Waals surface area contributed by atoms with Gasteiger partial charge in [-0.05, 0) is 58.6 Å². The summed E-state index contributed by atoms with van der Waals surface area (Å²) in [7, 11) is 2.71. The lowest BCUT2D eigenvalue weighted by Gasteiger charge is -2.31. The van der Waals surface area contributed by atoms with Crippen LogP contribution < -0.4 is 15.4 Å². The summed E-state index contributed by atoms with van der Waals surface area (Å²) in [5.41, 5.74) is 3.31. The van der Waals surface area contributed by atoms with E-state index >= 15 is 0 Å². The molecule has 0 radical (unpaired) electrons. The van der Waals surface area contributed by atoms with Crippen molar-refractivity contribution in [3.05, 3.63) is 68.2 Å². The fraction of sp³-hybridized carbons (Fsp3) is 0.280. The van der Waals surface area contributed by atoms with Gasteiger partial charge >= 0.3 is 5.97 Å². The summed E-state index contributed by atoms with van der Waals surface area (Å²) in [4.78, 5) is 38.2. The first-order valence-corrected chi connectivity index (χ1v) is 12.3. The predicted molar refractivity (Wildman–Crippen MR) is 137 cm³/mol. The number of rotatable bonds is 7. The summed E-state index contributed by atoms with van der Waals surface area (Å²) < 4.78 is 10.7. The Kier molecular flexibility index (Phi) is 8.59. The molecule has 0 aromatic heterocycles. The quantitative estimate of drug-likeness (QED) is 0.387. The van der Waals surface area contributed by atoms with Crippen LogP contribution in [0.1, 0.15) is 22.6 Å². The van der Waals surface area contributed by atoms with Crippen molar-refractivity contribution in [2.24, 2.45) is 5.92 Å². The lowest BCUT2D eigenvalue weighted by Crippen LogP contribution is -2.44. The van der Waals surface area contributed by atoms with Crippen LogP contribution in [0, 0.1) is 31.1 Å². The third kappa shape index (κ3) is 5.69. The normalized spacial score (nSPS) is 17.3. The molecule has 182 valence electrons. The van der Waals surface area contributed by atoms with E-state index in [9.17, 15) is 19.6 Å². The number of ether oxygens (including phenoxy) is 2. The first-order chi connectivity index (χ1) is 16.7. The third-order valence-corrected chi connectivity index (χ3v) is 7.25. The summed E-state index contributed by atoms with van der Waals surface area (Å²) in [6.07, 6.45) is 0. The first kappa shape index (κ1) is 26.3. The van der Waals surface area contributed by atoms with E-state index in [-0.39, 0.29) is 22.3 Å². The maximum absolute atomic E-state index is 13.0. The molecule has 2 atom stereocenters. The standard InChI is InChI=1S/C25H24BrN3O5S/c1-13-6-5-7-14(2)22(13)28-19(30)12-35-24-16(11-27)20(21(23(31)29-24)25(32)34-4)15-8-9-18(33-3)17(26)10-15/h5-10,20-21H,12H2,1-4H3,(H,28,30)(H,29,31)/t20-,21-/m1/s1. The first-order valence-electron chi connectivity index (χ1n) is 10.6. The molecule has 2 N–H and O–H groups in total. The minimum atomic E-state index is -1.26. The molecule has 3 rings (SSSR count). The second-order valence-corrected chi connectivity index (χ2v) is 9.66. The number of anilines is 1. The van der Waals surface area contributed by atoms with E-state index in [1.165, 1.54) is 14.2 Å². The van der Waals surface area contributed by atoms with Crippen LogP contribution in [0.15, 0.2) is 51.5 Å². The minimum absolute atomic E-state index is 0.0452. The van der Waals surface area contributed by atoms with Crippen molar-refractivity contribution in [2.75, 3.05) is 25.3 Å². The van der Waals surface area contributed by atoms with Gasteiger partial charge in [-0.2, -0.15) is 5.26 Å². The molecule has 0 saturated heterocycles. The van der Waals surface area contributed by atoms with Crippen LogP contribution in [0.3, 0.4) is 0 Å². The number of amides is 2. The van der Waals surface area contributed by atoms with E-state index in [0.717, 1.165) is 28.6 Å². The van der Waals surface area contributed by atoms with Gasteiger partial charge in [0.05, 0.1) is 41.1 Å². The Hall–Kier alpha value is -3.29. The van der Waals surface area contributed by atoms with Gasteiger partial charge in [-0.1, -0.05) is 36.0 Å². The number of methoxy groups -OCH3 is 2. The highest BCUT2D eigenvalue weighted by Gasteiger charge is 2.44. The molecule has 8 nitrogen and oxygen atoms in total. The molecule has 2 aromatic carbocycles. The van der Waals surface area contributed by atoms with Crippen LogP contribution in [0.25, 0.3) is 0 Å². The SMILES string of the molecule is COC(=O)[C@H]1C(=O)NC(SCC(=O)Nc2c(C)cccc2C)=C(C#N)[C@H]1c1ccc(OC)c(Br)c1. The van der Waals surface area contributed by atoms with Gasteiger partial charge in [-0.25, -0.2) is 0 Å². The zero-order valence-corrected chi connectivity index (χ0v) is 22.0. The molecule has 0 bridgehead atoms. The Balaban J connectivity index is 1.94. The summed E-state index contributed by atoms with van der Waals surface area (Å²) in [5.74, 6) is -3.30. The number of allylic oxidation sites excluding steroid dienone is 1.